The van der Waals surface area contributed by atoms with Crippen LogP contribution in [0.25, 0.3) is 0 Å². The van der Waals surface area contributed by atoms with Crippen LogP contribution in [0.15, 0.2) is 21.8 Å². The maximum absolute atomic E-state index is 10.2. The predicted molar refractivity (Wildman–Crippen MR) is 49.0 cm³/mol. The molecule has 0 spiro atoms. The predicted octanol–water partition coefficient (Wildman–Crippen LogP) is 3.03. The van der Waals surface area contributed by atoms with E-state index in [9.17, 15) is 4.91 Å². The highest BCUT2D eigenvalue weighted by Crippen LogP contribution is 2.26. The van der Waals surface area contributed by atoms with Crippen molar-refractivity contribution in [1.82, 2.24) is 0 Å². The molecular formula is C8H5BrN2O. The molecule has 0 atom stereocenters. The van der Waals surface area contributed by atoms with Gasteiger partial charge in [-0.15, -0.1) is 4.91 Å². The second-order valence-corrected chi connectivity index (χ2v) is 3.18. The second-order valence-electron chi connectivity index (χ2n) is 2.32. The molecule has 0 bridgehead atoms. The Balaban J connectivity index is 3.39. The first-order valence-corrected chi connectivity index (χ1v) is 4.02. The Morgan fingerprint density at radius 2 is 2.25 bits per heavy atom. The summed E-state index contributed by atoms with van der Waals surface area (Å²) in [6, 6.07) is 5.12. The van der Waals surface area contributed by atoms with E-state index in [-0.39, 0.29) is 0 Å². The normalized spacial score (nSPS) is 9.08. The first kappa shape index (κ1) is 8.88. The fraction of sp³-hybridized carbons (Fsp3) is 0.125. The zero-order chi connectivity index (χ0) is 9.14. The lowest BCUT2D eigenvalue weighted by molar-refractivity contribution is 1.35. The van der Waals surface area contributed by atoms with Gasteiger partial charge < -0.3 is 0 Å². The van der Waals surface area contributed by atoms with Crippen LogP contribution in [0.3, 0.4) is 0 Å². The van der Waals surface area contributed by atoms with Gasteiger partial charge in [0.25, 0.3) is 0 Å². The minimum atomic E-state index is 0.315. The summed E-state index contributed by atoms with van der Waals surface area (Å²) < 4.78 is 0.690. The molecule has 0 heterocycles. The summed E-state index contributed by atoms with van der Waals surface area (Å²) in [4.78, 5) is 10.2. The molecule has 0 saturated heterocycles. The number of nitrogens with zero attached hydrogens (tertiary/aromatic N) is 2. The van der Waals surface area contributed by atoms with Crippen LogP contribution in [0.1, 0.15) is 11.1 Å². The first-order valence-electron chi connectivity index (χ1n) is 3.22. The van der Waals surface area contributed by atoms with Crippen molar-refractivity contribution in [3.63, 3.8) is 0 Å². The molecule has 0 saturated carbocycles. The van der Waals surface area contributed by atoms with Crippen molar-refractivity contribution >= 4 is 21.6 Å². The summed E-state index contributed by atoms with van der Waals surface area (Å²) in [5.41, 5.74) is 1.50. The fourth-order valence-corrected chi connectivity index (χ4v) is 1.39. The van der Waals surface area contributed by atoms with Gasteiger partial charge in [-0.25, -0.2) is 0 Å². The molecular weight excluding hydrogens is 220 g/mol. The van der Waals surface area contributed by atoms with Crippen molar-refractivity contribution in [2.24, 2.45) is 5.18 Å². The van der Waals surface area contributed by atoms with Gasteiger partial charge in [0.15, 0.2) is 0 Å². The fourth-order valence-electron chi connectivity index (χ4n) is 0.845. The van der Waals surface area contributed by atoms with Crippen LogP contribution in [0.4, 0.5) is 5.69 Å². The van der Waals surface area contributed by atoms with Crippen LogP contribution in [0.5, 0.6) is 0 Å². The van der Waals surface area contributed by atoms with Gasteiger partial charge in [0.1, 0.15) is 11.8 Å². The third-order valence-electron chi connectivity index (χ3n) is 1.50. The van der Waals surface area contributed by atoms with Gasteiger partial charge in [0.2, 0.25) is 0 Å². The molecule has 0 radical (unpaired) electrons. The minimum Gasteiger partial charge on any atom is -0.192 e. The third-order valence-corrected chi connectivity index (χ3v) is 2.16. The third kappa shape index (κ3) is 1.51. The van der Waals surface area contributed by atoms with E-state index in [2.05, 4.69) is 21.1 Å². The first-order chi connectivity index (χ1) is 5.69. The smallest absolute Gasteiger partial charge is 0.112 e. The molecule has 0 N–H and O–H groups in total. The van der Waals surface area contributed by atoms with Gasteiger partial charge in [-0.3, -0.25) is 0 Å². The number of rotatable bonds is 1. The number of halogens is 1. The van der Waals surface area contributed by atoms with Crippen LogP contribution < -0.4 is 0 Å². The Morgan fingerprint density at radius 3 is 2.75 bits per heavy atom. The zero-order valence-electron chi connectivity index (χ0n) is 6.34. The Hall–Kier alpha value is -1.21. The highest BCUT2D eigenvalue weighted by Gasteiger charge is 2.04. The number of benzene rings is 1. The number of hydrogen-bond donors (Lipinski definition) is 0. The van der Waals surface area contributed by atoms with E-state index in [1.54, 1.807) is 13.0 Å². The lowest BCUT2D eigenvalue weighted by Gasteiger charge is -1.99. The molecule has 1 rings (SSSR count). The highest BCUT2D eigenvalue weighted by atomic mass is 79.9. The van der Waals surface area contributed by atoms with Gasteiger partial charge >= 0.3 is 0 Å². The van der Waals surface area contributed by atoms with E-state index in [1.807, 2.05) is 6.07 Å². The quantitative estimate of drug-likeness (QED) is 0.689. The van der Waals surface area contributed by atoms with E-state index < -0.39 is 0 Å². The maximum Gasteiger partial charge on any atom is 0.112 e. The van der Waals surface area contributed by atoms with Crippen molar-refractivity contribution in [2.45, 2.75) is 6.92 Å². The molecule has 0 aliphatic carbocycles. The molecule has 0 amide bonds. The maximum atomic E-state index is 10.2. The van der Waals surface area contributed by atoms with Crippen molar-refractivity contribution < 1.29 is 0 Å². The Morgan fingerprint density at radius 1 is 1.58 bits per heavy atom. The average molecular weight is 225 g/mol. The van der Waals surface area contributed by atoms with Gasteiger partial charge in [0, 0.05) is 4.47 Å². The molecule has 1 aromatic rings. The van der Waals surface area contributed by atoms with E-state index >= 15 is 0 Å². The summed E-state index contributed by atoms with van der Waals surface area (Å²) in [7, 11) is 0. The Kier molecular flexibility index (Phi) is 2.56. The van der Waals surface area contributed by atoms with Crippen LogP contribution in [-0.4, -0.2) is 0 Å². The second kappa shape index (κ2) is 3.46. The molecule has 0 fully saturated rings. The van der Waals surface area contributed by atoms with E-state index in [1.165, 1.54) is 6.07 Å². The van der Waals surface area contributed by atoms with Crippen molar-refractivity contribution in [3.05, 3.63) is 32.6 Å². The summed E-state index contributed by atoms with van der Waals surface area (Å²) in [6.07, 6.45) is 0. The van der Waals surface area contributed by atoms with Gasteiger partial charge in [-0.2, -0.15) is 5.26 Å². The summed E-state index contributed by atoms with van der Waals surface area (Å²) in [5, 5.41) is 11.4. The summed E-state index contributed by atoms with van der Waals surface area (Å²) >= 11 is 3.20. The topological polar surface area (TPSA) is 53.2 Å². The van der Waals surface area contributed by atoms with E-state index in [4.69, 9.17) is 5.26 Å². The molecule has 12 heavy (non-hydrogen) atoms. The number of nitroso groups, excluding NO2 is 1. The van der Waals surface area contributed by atoms with Crippen LogP contribution in [0.2, 0.25) is 0 Å². The molecule has 0 aliphatic heterocycles. The van der Waals surface area contributed by atoms with E-state index in [0.717, 1.165) is 5.56 Å². The Bertz CT molecular complexity index is 368. The van der Waals surface area contributed by atoms with Gasteiger partial charge in [-0.1, -0.05) is 0 Å². The lowest BCUT2D eigenvalue weighted by Crippen LogP contribution is -1.80. The molecule has 1 aromatic carbocycles. The minimum absolute atomic E-state index is 0.315. The standard InChI is InChI=1S/C8H5BrN2O/c1-5-2-7(9)6(4-10)3-8(5)11-12/h2-3H,1H3. The summed E-state index contributed by atoms with van der Waals surface area (Å²) in [5.74, 6) is 0. The SMILES string of the molecule is Cc1cc(Br)c(C#N)cc1N=O. The van der Waals surface area contributed by atoms with Crippen molar-refractivity contribution in [2.75, 3.05) is 0 Å². The molecule has 0 unspecified atom stereocenters. The van der Waals surface area contributed by atoms with Crippen molar-refractivity contribution in [3.8, 4) is 6.07 Å². The van der Waals surface area contributed by atoms with Crippen molar-refractivity contribution in [1.29, 1.82) is 5.26 Å². The largest absolute Gasteiger partial charge is 0.192 e. The van der Waals surface area contributed by atoms with Crippen LogP contribution in [0, 0.1) is 23.2 Å². The molecule has 60 valence electrons. The average Bonchev–Trinajstić information content (AvgIpc) is 2.05. The number of nitriles is 1. The van der Waals surface area contributed by atoms with Gasteiger partial charge in [-0.05, 0) is 45.7 Å². The molecule has 3 nitrogen and oxygen atoms in total. The van der Waals surface area contributed by atoms with Gasteiger partial charge in [0.05, 0.1) is 5.56 Å². The van der Waals surface area contributed by atoms with Crippen LogP contribution >= 0.6 is 15.9 Å². The number of aryl methyl sites for hydroxylation is 1. The number of hydrogen-bond acceptors (Lipinski definition) is 3. The monoisotopic (exact) mass is 224 g/mol. The highest BCUT2D eigenvalue weighted by molar-refractivity contribution is 9.10. The molecule has 0 aliphatic rings. The van der Waals surface area contributed by atoms with E-state index in [0.29, 0.717) is 15.7 Å². The lowest BCUT2D eigenvalue weighted by atomic mass is 10.1. The van der Waals surface area contributed by atoms with Crippen LogP contribution in [-0.2, 0) is 0 Å². The zero-order valence-corrected chi connectivity index (χ0v) is 7.92. The molecule has 0 aromatic heterocycles. The summed E-state index contributed by atoms with van der Waals surface area (Å²) in [6.45, 7) is 1.77. The Labute approximate surface area is 78.1 Å². The molecule has 4 heteroatoms.